The summed E-state index contributed by atoms with van der Waals surface area (Å²) in [5, 5.41) is 12.0. The number of rotatable bonds is 6. The Bertz CT molecular complexity index is 1650. The molecule has 7 heteroatoms. The summed E-state index contributed by atoms with van der Waals surface area (Å²) >= 11 is 0. The molecule has 7 nitrogen and oxygen atoms in total. The number of anilines is 1. The van der Waals surface area contributed by atoms with Gasteiger partial charge < -0.3 is 10.1 Å². The number of benzene rings is 3. The van der Waals surface area contributed by atoms with Crippen LogP contribution >= 0.6 is 0 Å². The van der Waals surface area contributed by atoms with Gasteiger partial charge in [-0.3, -0.25) is 19.7 Å². The molecule has 41 heavy (non-hydrogen) atoms. The van der Waals surface area contributed by atoms with Gasteiger partial charge in [0.05, 0.1) is 23.7 Å². The van der Waals surface area contributed by atoms with Crippen molar-refractivity contribution in [2.24, 2.45) is 0 Å². The van der Waals surface area contributed by atoms with Gasteiger partial charge in [-0.25, -0.2) is 0 Å². The number of H-pyrrole nitrogens is 1. The second-order valence-corrected chi connectivity index (χ2v) is 12.1. The Morgan fingerprint density at radius 2 is 1.80 bits per heavy atom. The summed E-state index contributed by atoms with van der Waals surface area (Å²) in [5.41, 5.74) is 6.98. The lowest BCUT2D eigenvalue weighted by molar-refractivity contribution is -0.118. The van der Waals surface area contributed by atoms with Crippen molar-refractivity contribution < 1.29 is 9.53 Å². The molecule has 4 aromatic rings. The van der Waals surface area contributed by atoms with Crippen molar-refractivity contribution in [1.82, 2.24) is 20.0 Å². The van der Waals surface area contributed by atoms with Gasteiger partial charge in [-0.2, -0.15) is 5.10 Å². The van der Waals surface area contributed by atoms with Crippen LogP contribution < -0.4 is 10.1 Å². The van der Waals surface area contributed by atoms with Crippen molar-refractivity contribution in [2.75, 3.05) is 32.6 Å². The third-order valence-electron chi connectivity index (χ3n) is 9.60. The van der Waals surface area contributed by atoms with Gasteiger partial charge in [-0.05, 0) is 79.9 Å². The van der Waals surface area contributed by atoms with Crippen LogP contribution in [0.3, 0.4) is 0 Å². The van der Waals surface area contributed by atoms with Gasteiger partial charge in [0, 0.05) is 48.7 Å². The molecule has 1 aliphatic carbocycles. The molecule has 1 saturated heterocycles. The first kappa shape index (κ1) is 26.0. The number of nitrogens with zero attached hydrogens (tertiary/aromatic N) is 3. The number of piperazine rings is 1. The van der Waals surface area contributed by atoms with Gasteiger partial charge >= 0.3 is 0 Å². The van der Waals surface area contributed by atoms with Crippen LogP contribution in [0.15, 0.2) is 60.7 Å². The number of aromatic nitrogens is 2. The molecule has 1 saturated carbocycles. The Kier molecular flexibility index (Phi) is 6.25. The molecule has 7 rings (SSSR count). The molecule has 2 aliphatic heterocycles. The fourth-order valence-corrected chi connectivity index (χ4v) is 6.91. The predicted octanol–water partition coefficient (Wildman–Crippen LogP) is 5.64. The Hall–Kier alpha value is -3.94. The van der Waals surface area contributed by atoms with Crippen LogP contribution in [-0.2, 0) is 16.8 Å². The zero-order valence-electron chi connectivity index (χ0n) is 24.1. The van der Waals surface area contributed by atoms with Crippen LogP contribution in [0.1, 0.15) is 54.1 Å². The minimum absolute atomic E-state index is 0.0813. The number of carbonyl (C=O) groups is 1. The summed E-state index contributed by atoms with van der Waals surface area (Å²) in [6.45, 7) is 7.81. The minimum atomic E-state index is -0.507. The number of ether oxygens (including phenoxy) is 1. The number of aromatic amines is 1. The molecule has 2 N–H and O–H groups in total. The standard InChI is InChI=1S/C34H37N5O2/c1-21-18-39(19-22(2)38(21)3)20-24-7-5-23(6-8-24)9-13-30-27-12-10-25(15-32(27)37-36-30)29-17-34(29)28-16-26(41-4)11-14-31(28)35-33(34)40/h5-16,21-22,29H,17-20H2,1-4H3,(H,35,40)(H,36,37)/t21-,22+,29-,34-/m0/s1. The Morgan fingerprint density at radius 1 is 1.02 bits per heavy atom. The van der Waals surface area contributed by atoms with Crippen LogP contribution in [0.4, 0.5) is 5.69 Å². The Labute approximate surface area is 241 Å². The van der Waals surface area contributed by atoms with E-state index in [1.54, 1.807) is 7.11 Å². The van der Waals surface area contributed by atoms with Crippen molar-refractivity contribution in [3.05, 3.63) is 88.6 Å². The number of methoxy groups -OCH3 is 1. The molecule has 210 valence electrons. The lowest BCUT2D eigenvalue weighted by atomic mass is 9.91. The van der Waals surface area contributed by atoms with Crippen molar-refractivity contribution in [2.45, 2.75) is 50.2 Å². The molecule has 0 unspecified atom stereocenters. The molecule has 2 fully saturated rings. The lowest BCUT2D eigenvalue weighted by Gasteiger charge is -2.42. The monoisotopic (exact) mass is 547 g/mol. The Balaban J connectivity index is 1.05. The lowest BCUT2D eigenvalue weighted by Crippen LogP contribution is -2.54. The summed E-state index contributed by atoms with van der Waals surface area (Å²) in [6.07, 6.45) is 4.99. The summed E-state index contributed by atoms with van der Waals surface area (Å²) in [4.78, 5) is 18.1. The summed E-state index contributed by atoms with van der Waals surface area (Å²) in [7, 11) is 3.89. The number of nitrogens with one attached hydrogen (secondary N) is 2. The van der Waals surface area contributed by atoms with Crippen molar-refractivity contribution >= 4 is 34.6 Å². The third-order valence-corrected chi connectivity index (χ3v) is 9.60. The van der Waals surface area contributed by atoms with Gasteiger partial charge in [0.15, 0.2) is 0 Å². The normalized spacial score (nSPS) is 26.1. The summed E-state index contributed by atoms with van der Waals surface area (Å²) < 4.78 is 5.44. The zero-order chi connectivity index (χ0) is 28.3. The van der Waals surface area contributed by atoms with E-state index in [0.717, 1.165) is 70.8 Å². The number of hydrogen-bond acceptors (Lipinski definition) is 5. The average Bonchev–Trinajstić information content (AvgIpc) is 3.52. The van der Waals surface area contributed by atoms with E-state index in [0.29, 0.717) is 12.1 Å². The molecule has 1 amide bonds. The minimum Gasteiger partial charge on any atom is -0.497 e. The van der Waals surface area contributed by atoms with Gasteiger partial charge in [-0.15, -0.1) is 0 Å². The maximum atomic E-state index is 13.1. The number of amides is 1. The SMILES string of the molecule is COc1ccc2c(c1)[C@]1(C[C@H]1c1ccc3c(C=Cc4ccc(CN5C[C@@H](C)N(C)[C@@H](C)C5)cc4)n[nH]c3c1)C(=O)N2. The van der Waals surface area contributed by atoms with Crippen LogP contribution in [0, 0.1) is 0 Å². The predicted molar refractivity (Wildman–Crippen MR) is 164 cm³/mol. The fourth-order valence-electron chi connectivity index (χ4n) is 6.91. The van der Waals surface area contributed by atoms with Crippen LogP contribution in [0.2, 0.25) is 0 Å². The van der Waals surface area contributed by atoms with E-state index in [2.05, 4.69) is 101 Å². The van der Waals surface area contributed by atoms with E-state index in [1.165, 1.54) is 5.56 Å². The summed E-state index contributed by atoms with van der Waals surface area (Å²) in [5.74, 6) is 0.996. The van der Waals surface area contributed by atoms with E-state index in [1.807, 2.05) is 18.2 Å². The second-order valence-electron chi connectivity index (χ2n) is 12.1. The van der Waals surface area contributed by atoms with E-state index in [4.69, 9.17) is 4.74 Å². The highest BCUT2D eigenvalue weighted by molar-refractivity contribution is 6.10. The number of hydrogen-bond donors (Lipinski definition) is 2. The van der Waals surface area contributed by atoms with Gasteiger partial charge in [-0.1, -0.05) is 42.5 Å². The topological polar surface area (TPSA) is 73.5 Å². The molecule has 0 bridgehead atoms. The fraction of sp³-hybridized carbons (Fsp3) is 0.353. The second kappa shape index (κ2) is 9.86. The van der Waals surface area contributed by atoms with Crippen LogP contribution in [0.5, 0.6) is 5.75 Å². The molecule has 1 spiro atoms. The molecule has 0 radical (unpaired) electrons. The first-order valence-electron chi connectivity index (χ1n) is 14.5. The van der Waals surface area contributed by atoms with Crippen molar-refractivity contribution in [3.8, 4) is 5.75 Å². The number of fused-ring (bicyclic) bond motifs is 3. The first-order chi connectivity index (χ1) is 19.9. The van der Waals surface area contributed by atoms with Gasteiger partial charge in [0.1, 0.15) is 5.75 Å². The highest BCUT2D eigenvalue weighted by atomic mass is 16.5. The largest absolute Gasteiger partial charge is 0.497 e. The molecule has 3 aliphatic rings. The molecular weight excluding hydrogens is 510 g/mol. The molecule has 1 aromatic heterocycles. The first-order valence-corrected chi connectivity index (χ1v) is 14.5. The van der Waals surface area contributed by atoms with Crippen molar-refractivity contribution in [3.63, 3.8) is 0 Å². The Morgan fingerprint density at radius 3 is 2.56 bits per heavy atom. The maximum absolute atomic E-state index is 13.1. The summed E-state index contributed by atoms with van der Waals surface area (Å²) in [6, 6.07) is 22.3. The smallest absolute Gasteiger partial charge is 0.235 e. The molecule has 3 heterocycles. The van der Waals surface area contributed by atoms with E-state index in [9.17, 15) is 4.79 Å². The van der Waals surface area contributed by atoms with Crippen LogP contribution in [-0.4, -0.2) is 65.2 Å². The van der Waals surface area contributed by atoms with Crippen LogP contribution in [0.25, 0.3) is 23.1 Å². The molecule has 4 atom stereocenters. The van der Waals surface area contributed by atoms with Crippen molar-refractivity contribution in [1.29, 1.82) is 0 Å². The average molecular weight is 548 g/mol. The van der Waals surface area contributed by atoms with Gasteiger partial charge in [0.2, 0.25) is 5.91 Å². The van der Waals surface area contributed by atoms with E-state index < -0.39 is 5.41 Å². The number of likely N-dealkylation sites (N-methyl/N-ethyl adjacent to an activating group) is 1. The quantitative estimate of drug-likeness (QED) is 0.327. The third kappa shape index (κ3) is 4.44. The highest BCUT2D eigenvalue weighted by Gasteiger charge is 2.65. The van der Waals surface area contributed by atoms with E-state index in [-0.39, 0.29) is 11.8 Å². The highest BCUT2D eigenvalue weighted by Crippen LogP contribution is 2.65. The van der Waals surface area contributed by atoms with E-state index >= 15 is 0 Å². The number of carbonyl (C=O) groups excluding carboxylic acids is 1. The molecular formula is C34H37N5O2. The molecule has 3 aromatic carbocycles. The maximum Gasteiger partial charge on any atom is 0.235 e. The zero-order valence-corrected chi connectivity index (χ0v) is 24.1. The van der Waals surface area contributed by atoms with Gasteiger partial charge in [0.25, 0.3) is 0 Å².